The van der Waals surface area contributed by atoms with E-state index in [2.05, 4.69) is 20.7 Å². The molecule has 10 heteroatoms. The molecule has 2 aliphatic rings. The smallest absolute Gasteiger partial charge is 0.243 e. The summed E-state index contributed by atoms with van der Waals surface area (Å²) in [5, 5.41) is 28.4. The third-order valence-electron chi connectivity index (χ3n) is 4.62. The largest absolute Gasteiger partial charge is 0.860 e. The SMILES string of the molecule is O=S(=O)(c1ccccc1)N1CCN(C([O-])=c2ccc(=C3N=NN=N3)cc2)CC1. The first kappa shape index (κ1) is 18.3. The number of piperazine rings is 1. The Labute approximate surface area is 161 Å². The van der Waals surface area contributed by atoms with E-state index in [0.717, 1.165) is 5.22 Å². The van der Waals surface area contributed by atoms with Crippen LogP contribution in [0.25, 0.3) is 11.7 Å². The van der Waals surface area contributed by atoms with Crippen molar-refractivity contribution < 1.29 is 13.5 Å². The van der Waals surface area contributed by atoms with Gasteiger partial charge in [0.25, 0.3) is 0 Å². The number of hydrogen-bond donors (Lipinski definition) is 0. The van der Waals surface area contributed by atoms with Gasteiger partial charge in [0.15, 0.2) is 0 Å². The predicted molar refractivity (Wildman–Crippen MR) is 99.0 cm³/mol. The van der Waals surface area contributed by atoms with Gasteiger partial charge < -0.3 is 10.0 Å². The van der Waals surface area contributed by atoms with Crippen molar-refractivity contribution in [2.24, 2.45) is 20.7 Å². The fourth-order valence-electron chi connectivity index (χ4n) is 3.08. The van der Waals surface area contributed by atoms with Crippen LogP contribution in [0.15, 0.2) is 80.2 Å². The van der Waals surface area contributed by atoms with Gasteiger partial charge in [0.1, 0.15) is 0 Å². The van der Waals surface area contributed by atoms with Crippen LogP contribution >= 0.6 is 0 Å². The Morgan fingerprint density at radius 1 is 0.857 bits per heavy atom. The lowest BCUT2D eigenvalue weighted by molar-refractivity contribution is -0.273. The molecule has 0 aliphatic carbocycles. The zero-order valence-corrected chi connectivity index (χ0v) is 15.7. The van der Waals surface area contributed by atoms with Crippen molar-refractivity contribution in [3.05, 3.63) is 65.0 Å². The van der Waals surface area contributed by atoms with Gasteiger partial charge in [-0.1, -0.05) is 42.5 Å². The average Bonchev–Trinajstić information content (AvgIpc) is 3.29. The zero-order chi connectivity index (χ0) is 19.6. The van der Waals surface area contributed by atoms with Gasteiger partial charge in [0.2, 0.25) is 15.8 Å². The number of rotatable bonds is 3. The van der Waals surface area contributed by atoms with E-state index >= 15 is 0 Å². The number of nitrogens with zero attached hydrogens (tertiary/aromatic N) is 6. The van der Waals surface area contributed by atoms with Crippen LogP contribution in [-0.4, -0.2) is 43.8 Å². The average molecular weight is 397 g/mol. The monoisotopic (exact) mass is 397 g/mol. The summed E-state index contributed by atoms with van der Waals surface area (Å²) < 4.78 is 26.8. The second-order valence-corrected chi connectivity index (χ2v) is 8.23. The van der Waals surface area contributed by atoms with E-state index in [1.807, 2.05) is 0 Å². The van der Waals surface area contributed by atoms with Gasteiger partial charge in [-0.05, 0) is 33.7 Å². The first-order valence-corrected chi connectivity index (χ1v) is 10.1. The lowest BCUT2D eigenvalue weighted by Gasteiger charge is -2.39. The number of hydrogen-bond acceptors (Lipinski definition) is 8. The van der Waals surface area contributed by atoms with Crippen LogP contribution in [0.2, 0.25) is 0 Å². The molecule has 0 spiro atoms. The standard InChI is InChI=1S/C18H18N6O3S/c25-18(15-8-6-14(7-9-15)17-19-21-22-20-17)23-10-12-24(13-11-23)28(26,27)16-4-2-1-3-5-16/h1-9,25H,10-13H2/p-1. The van der Waals surface area contributed by atoms with E-state index in [-0.39, 0.29) is 23.9 Å². The van der Waals surface area contributed by atoms with Gasteiger partial charge >= 0.3 is 0 Å². The molecule has 0 aromatic heterocycles. The summed E-state index contributed by atoms with van der Waals surface area (Å²) in [6.45, 7) is 1.21. The van der Waals surface area contributed by atoms with Gasteiger partial charge in [0.05, 0.1) is 4.90 Å². The van der Waals surface area contributed by atoms with E-state index in [1.54, 1.807) is 59.5 Å². The van der Waals surface area contributed by atoms with Gasteiger partial charge in [0, 0.05) is 31.4 Å². The summed E-state index contributed by atoms with van der Waals surface area (Å²) in [4.78, 5) is 1.93. The Morgan fingerprint density at radius 3 is 2.07 bits per heavy atom. The summed E-state index contributed by atoms with van der Waals surface area (Å²) in [5.74, 6) is 0.265. The molecule has 0 amide bonds. The molecule has 0 bridgehead atoms. The number of benzene rings is 2. The lowest BCUT2D eigenvalue weighted by atomic mass is 10.2. The summed E-state index contributed by atoms with van der Waals surface area (Å²) >= 11 is 0. The molecule has 28 heavy (non-hydrogen) atoms. The van der Waals surface area contributed by atoms with Crippen molar-refractivity contribution >= 4 is 21.7 Å². The van der Waals surface area contributed by atoms with E-state index in [4.69, 9.17) is 0 Å². The molecular weight excluding hydrogens is 380 g/mol. The van der Waals surface area contributed by atoms with Crippen LogP contribution in [-0.2, 0) is 10.0 Å². The van der Waals surface area contributed by atoms with E-state index < -0.39 is 10.0 Å². The van der Waals surface area contributed by atoms with Crippen LogP contribution in [0.1, 0.15) is 0 Å². The van der Waals surface area contributed by atoms with Crippen LogP contribution in [0.5, 0.6) is 0 Å². The Kier molecular flexibility index (Phi) is 4.88. The quantitative estimate of drug-likeness (QED) is 0.726. The molecule has 4 rings (SSSR count). The molecule has 0 saturated carbocycles. The van der Waals surface area contributed by atoms with Crippen LogP contribution in [0, 0.1) is 0 Å². The van der Waals surface area contributed by atoms with Crippen LogP contribution in [0.4, 0.5) is 0 Å². The molecule has 9 nitrogen and oxygen atoms in total. The second-order valence-electron chi connectivity index (χ2n) is 6.29. The predicted octanol–water partition coefficient (Wildman–Crippen LogP) is 0.0178. The zero-order valence-electron chi connectivity index (χ0n) is 14.8. The molecule has 2 aromatic rings. The third-order valence-corrected chi connectivity index (χ3v) is 6.53. The maximum Gasteiger partial charge on any atom is 0.243 e. The maximum absolute atomic E-state index is 12.7. The fourth-order valence-corrected chi connectivity index (χ4v) is 4.52. The summed E-state index contributed by atoms with van der Waals surface area (Å²) in [6, 6.07) is 15.2. The van der Waals surface area contributed by atoms with Crippen LogP contribution in [0.3, 0.4) is 0 Å². The molecule has 2 aromatic carbocycles. The Bertz CT molecular complexity index is 1120. The van der Waals surface area contributed by atoms with E-state index in [1.165, 1.54) is 4.31 Å². The molecule has 2 heterocycles. The minimum atomic E-state index is -3.54. The molecule has 1 fully saturated rings. The molecular formula is C18H17N6O3S-. The van der Waals surface area contributed by atoms with Crippen molar-refractivity contribution in [2.45, 2.75) is 4.90 Å². The molecule has 144 valence electrons. The molecule has 0 N–H and O–H groups in total. The summed E-state index contributed by atoms with van der Waals surface area (Å²) in [6.07, 6.45) is 0. The van der Waals surface area contributed by atoms with Gasteiger partial charge in [-0.15, -0.1) is 10.2 Å². The summed E-state index contributed by atoms with van der Waals surface area (Å²) in [5.41, 5.74) is 0. The molecule has 0 unspecified atom stereocenters. The normalized spacial score (nSPS) is 17.3. The van der Waals surface area contributed by atoms with Gasteiger partial charge in [-0.3, -0.25) is 0 Å². The third kappa shape index (κ3) is 3.51. The van der Waals surface area contributed by atoms with E-state index in [0.29, 0.717) is 24.1 Å². The first-order valence-electron chi connectivity index (χ1n) is 8.69. The highest BCUT2D eigenvalue weighted by Gasteiger charge is 2.27. The highest BCUT2D eigenvalue weighted by atomic mass is 32.2. The maximum atomic E-state index is 12.7. The minimum absolute atomic E-state index is 0.136. The number of sulfonamides is 1. The van der Waals surface area contributed by atoms with Crippen LogP contribution < -0.4 is 15.5 Å². The summed E-state index contributed by atoms with van der Waals surface area (Å²) in [7, 11) is -3.54. The van der Waals surface area contributed by atoms with Gasteiger partial charge in [-0.25, -0.2) is 8.42 Å². The van der Waals surface area contributed by atoms with Crippen molar-refractivity contribution in [2.75, 3.05) is 26.2 Å². The molecule has 0 radical (unpaired) electrons. The molecule has 1 saturated heterocycles. The highest BCUT2D eigenvalue weighted by Crippen LogP contribution is 2.17. The lowest BCUT2D eigenvalue weighted by Crippen LogP contribution is -2.50. The Morgan fingerprint density at radius 2 is 1.46 bits per heavy atom. The Hall–Kier alpha value is -3.11. The minimum Gasteiger partial charge on any atom is -0.860 e. The van der Waals surface area contributed by atoms with Crippen molar-refractivity contribution in [3.8, 4) is 0 Å². The second kappa shape index (κ2) is 7.49. The van der Waals surface area contributed by atoms with Gasteiger partial charge in [-0.2, -0.15) is 4.31 Å². The Balaban J connectivity index is 1.51. The van der Waals surface area contributed by atoms with Crippen molar-refractivity contribution in [1.82, 2.24) is 9.21 Å². The molecule has 2 aliphatic heterocycles. The van der Waals surface area contributed by atoms with Crippen molar-refractivity contribution in [1.29, 1.82) is 0 Å². The van der Waals surface area contributed by atoms with E-state index in [9.17, 15) is 13.5 Å². The fraction of sp³-hybridized carbons (Fsp3) is 0.222. The molecule has 0 atom stereocenters. The highest BCUT2D eigenvalue weighted by molar-refractivity contribution is 7.89. The van der Waals surface area contributed by atoms with Crippen molar-refractivity contribution in [3.63, 3.8) is 0 Å². The first-order chi connectivity index (χ1) is 13.6. The topological polar surface area (TPSA) is 113 Å².